The molecule has 0 radical (unpaired) electrons. The molecule has 2 aromatic rings. The molecule has 4 nitrogen and oxygen atoms in total. The van der Waals surface area contributed by atoms with E-state index in [1.54, 1.807) is 6.20 Å². The van der Waals surface area contributed by atoms with Gasteiger partial charge in [-0.3, -0.25) is 0 Å². The first-order valence-electron chi connectivity index (χ1n) is 7.59. The van der Waals surface area contributed by atoms with Gasteiger partial charge in [-0.15, -0.1) is 0 Å². The predicted octanol–water partition coefficient (Wildman–Crippen LogP) is 3.46. The number of benzene rings is 1. The summed E-state index contributed by atoms with van der Waals surface area (Å²) < 4.78 is 29.8. The van der Waals surface area contributed by atoms with Crippen molar-refractivity contribution < 1.29 is 12.9 Å². The fourth-order valence-corrected chi connectivity index (χ4v) is 5.73. The van der Waals surface area contributed by atoms with Crippen LogP contribution in [0.25, 0.3) is 16.9 Å². The lowest BCUT2D eigenvalue weighted by atomic mass is 9.93. The zero-order chi connectivity index (χ0) is 15.2. The molecule has 1 aromatic heterocycles. The molecule has 1 aromatic carbocycles. The van der Waals surface area contributed by atoms with Gasteiger partial charge in [0.15, 0.2) is 15.6 Å². The van der Waals surface area contributed by atoms with Gasteiger partial charge in [0.1, 0.15) is 0 Å². The van der Waals surface area contributed by atoms with E-state index in [2.05, 4.69) is 5.16 Å². The van der Waals surface area contributed by atoms with Crippen molar-refractivity contribution in [3.8, 4) is 11.3 Å². The third-order valence-corrected chi connectivity index (χ3v) is 7.26. The van der Waals surface area contributed by atoms with Crippen LogP contribution in [0, 0.1) is 0 Å². The summed E-state index contributed by atoms with van der Waals surface area (Å²) in [5.74, 6) is 0.739. The molecular weight excluding hydrogens is 298 g/mol. The SMILES string of the molecule is O=S1(=O)C2C=C(c3ccc(-c4ccno4)cc3)CC1CCC2. The van der Waals surface area contributed by atoms with Crippen molar-refractivity contribution >= 4 is 15.4 Å². The Hall–Kier alpha value is -1.88. The topological polar surface area (TPSA) is 60.2 Å². The molecule has 2 atom stereocenters. The average Bonchev–Trinajstić information content (AvgIpc) is 3.00. The minimum atomic E-state index is -2.95. The Bertz CT molecular complexity index is 804. The Kier molecular flexibility index (Phi) is 3.18. The number of allylic oxidation sites excluding steroid dienone is 1. The number of fused-ring (bicyclic) bond motifs is 2. The number of sulfone groups is 1. The number of aromatic nitrogens is 1. The highest BCUT2D eigenvalue weighted by molar-refractivity contribution is 7.93. The normalized spacial score (nSPS) is 26.5. The van der Waals surface area contributed by atoms with Gasteiger partial charge in [0.25, 0.3) is 0 Å². The predicted molar refractivity (Wildman–Crippen MR) is 84.9 cm³/mol. The van der Waals surface area contributed by atoms with Crippen LogP contribution in [0.2, 0.25) is 0 Å². The molecule has 3 heterocycles. The van der Waals surface area contributed by atoms with Crippen LogP contribution in [-0.4, -0.2) is 24.1 Å². The zero-order valence-electron chi connectivity index (χ0n) is 12.1. The molecule has 1 saturated heterocycles. The van der Waals surface area contributed by atoms with Crippen LogP contribution < -0.4 is 0 Å². The molecule has 0 aliphatic carbocycles. The largest absolute Gasteiger partial charge is 0.356 e. The highest BCUT2D eigenvalue weighted by Crippen LogP contribution is 2.39. The molecule has 0 saturated carbocycles. The van der Waals surface area contributed by atoms with Crippen LogP contribution in [-0.2, 0) is 9.84 Å². The molecule has 2 aliphatic rings. The van der Waals surface area contributed by atoms with Crippen LogP contribution in [0.5, 0.6) is 0 Å². The Labute approximate surface area is 129 Å². The summed E-state index contributed by atoms with van der Waals surface area (Å²) in [6.07, 6.45) is 6.81. The smallest absolute Gasteiger partial charge is 0.166 e. The average molecular weight is 315 g/mol. The van der Waals surface area contributed by atoms with E-state index >= 15 is 0 Å². The summed E-state index contributed by atoms with van der Waals surface area (Å²) in [6, 6.07) is 9.89. The van der Waals surface area contributed by atoms with Gasteiger partial charge in [0.2, 0.25) is 0 Å². The van der Waals surface area contributed by atoms with Crippen molar-refractivity contribution in [3.63, 3.8) is 0 Å². The third-order valence-electron chi connectivity index (χ3n) is 4.71. The molecule has 0 amide bonds. The summed E-state index contributed by atoms with van der Waals surface area (Å²) in [4.78, 5) is 0. The molecule has 0 N–H and O–H groups in total. The maximum Gasteiger partial charge on any atom is 0.166 e. The second-order valence-corrected chi connectivity index (χ2v) is 8.48. The van der Waals surface area contributed by atoms with Gasteiger partial charge in [-0.05, 0) is 30.4 Å². The molecule has 0 spiro atoms. The molecule has 1 fully saturated rings. The van der Waals surface area contributed by atoms with Crippen molar-refractivity contribution in [2.24, 2.45) is 0 Å². The molecule has 2 unspecified atom stereocenters. The Morgan fingerprint density at radius 1 is 1.05 bits per heavy atom. The van der Waals surface area contributed by atoms with Crippen LogP contribution in [0.4, 0.5) is 0 Å². The van der Waals surface area contributed by atoms with E-state index in [0.717, 1.165) is 41.7 Å². The second-order valence-electron chi connectivity index (χ2n) is 6.03. The standard InChI is InChI=1S/C17H17NO3S/c19-22(20)15-2-1-3-16(22)11-14(10-15)12-4-6-13(7-5-12)17-8-9-18-21-17/h4-10,15-16H,1-3,11H2. The lowest BCUT2D eigenvalue weighted by Gasteiger charge is -2.33. The summed E-state index contributed by atoms with van der Waals surface area (Å²) in [5, 5.41) is 3.23. The van der Waals surface area contributed by atoms with Crippen LogP contribution in [0.15, 0.2) is 47.1 Å². The fourth-order valence-electron chi connectivity index (χ4n) is 3.48. The van der Waals surface area contributed by atoms with Crippen molar-refractivity contribution in [3.05, 3.63) is 48.2 Å². The molecule has 2 bridgehead atoms. The number of nitrogens with zero attached hydrogens (tertiary/aromatic N) is 1. The Morgan fingerprint density at radius 2 is 1.82 bits per heavy atom. The van der Waals surface area contributed by atoms with Crippen LogP contribution >= 0.6 is 0 Å². The van der Waals surface area contributed by atoms with Gasteiger partial charge in [0.05, 0.1) is 16.7 Å². The summed E-state index contributed by atoms with van der Waals surface area (Å²) in [6.45, 7) is 0. The molecule has 4 rings (SSSR count). The number of hydrogen-bond acceptors (Lipinski definition) is 4. The molecule has 114 valence electrons. The van der Waals surface area contributed by atoms with Crippen molar-refractivity contribution in [1.82, 2.24) is 5.16 Å². The van der Waals surface area contributed by atoms with Gasteiger partial charge >= 0.3 is 0 Å². The fraction of sp³-hybridized carbons (Fsp3) is 0.353. The van der Waals surface area contributed by atoms with E-state index in [4.69, 9.17) is 4.52 Å². The summed E-state index contributed by atoms with van der Waals surface area (Å²) in [5.41, 5.74) is 3.24. The molecule has 22 heavy (non-hydrogen) atoms. The Balaban J connectivity index is 1.67. The van der Waals surface area contributed by atoms with Crippen LogP contribution in [0.3, 0.4) is 0 Å². The number of hydrogen-bond donors (Lipinski definition) is 0. The minimum absolute atomic E-state index is 0.194. The lowest BCUT2D eigenvalue weighted by Crippen LogP contribution is -2.38. The first-order valence-corrected chi connectivity index (χ1v) is 9.20. The number of rotatable bonds is 2. The zero-order valence-corrected chi connectivity index (χ0v) is 12.9. The van der Waals surface area contributed by atoms with Gasteiger partial charge in [0, 0.05) is 11.6 Å². The van der Waals surface area contributed by atoms with E-state index in [1.807, 2.05) is 36.4 Å². The monoisotopic (exact) mass is 315 g/mol. The van der Waals surface area contributed by atoms with Gasteiger partial charge in [-0.2, -0.15) is 0 Å². The van der Waals surface area contributed by atoms with E-state index in [0.29, 0.717) is 6.42 Å². The van der Waals surface area contributed by atoms with Gasteiger partial charge < -0.3 is 4.52 Å². The molecule has 2 aliphatic heterocycles. The minimum Gasteiger partial charge on any atom is -0.356 e. The van der Waals surface area contributed by atoms with E-state index in [1.165, 1.54) is 0 Å². The van der Waals surface area contributed by atoms with Gasteiger partial charge in [-0.25, -0.2) is 8.42 Å². The quantitative estimate of drug-likeness (QED) is 0.851. The second kappa shape index (κ2) is 5.09. The molecule has 5 heteroatoms. The van der Waals surface area contributed by atoms with Crippen molar-refractivity contribution in [2.45, 2.75) is 36.2 Å². The van der Waals surface area contributed by atoms with E-state index in [9.17, 15) is 8.42 Å². The highest BCUT2D eigenvalue weighted by atomic mass is 32.2. The van der Waals surface area contributed by atoms with E-state index in [-0.39, 0.29) is 10.5 Å². The Morgan fingerprint density at radius 3 is 2.50 bits per heavy atom. The van der Waals surface area contributed by atoms with Crippen molar-refractivity contribution in [2.75, 3.05) is 0 Å². The van der Waals surface area contributed by atoms with E-state index < -0.39 is 9.84 Å². The van der Waals surface area contributed by atoms with Crippen molar-refractivity contribution in [1.29, 1.82) is 0 Å². The summed E-state index contributed by atoms with van der Waals surface area (Å²) in [7, 11) is -2.95. The van der Waals surface area contributed by atoms with Crippen LogP contribution in [0.1, 0.15) is 31.2 Å². The summed E-state index contributed by atoms with van der Waals surface area (Å²) >= 11 is 0. The third kappa shape index (κ3) is 2.20. The first-order chi connectivity index (χ1) is 10.6. The maximum absolute atomic E-state index is 12.3. The van der Waals surface area contributed by atoms with Gasteiger partial charge in [-0.1, -0.05) is 41.9 Å². The highest BCUT2D eigenvalue weighted by Gasteiger charge is 2.40. The lowest BCUT2D eigenvalue weighted by molar-refractivity contribution is 0.432. The first kappa shape index (κ1) is 13.8. The maximum atomic E-state index is 12.3. The molecular formula is C17H17NO3S.